The lowest BCUT2D eigenvalue weighted by Gasteiger charge is -2.11. The first-order valence-corrected chi connectivity index (χ1v) is 9.12. The molecule has 0 unspecified atom stereocenters. The summed E-state index contributed by atoms with van der Waals surface area (Å²) in [5, 5.41) is 3.67. The molecule has 3 aromatic rings. The van der Waals surface area contributed by atoms with Crippen molar-refractivity contribution in [3.05, 3.63) is 80.8 Å². The van der Waals surface area contributed by atoms with Gasteiger partial charge in [0.2, 0.25) is 0 Å². The SMILES string of the molecule is O=C(Nc1ccc(Cl)c(C(F)(F)F)c1)c1cc(COc2ccc(F)cc2)cs1. The highest BCUT2D eigenvalue weighted by Gasteiger charge is 2.33. The normalized spacial score (nSPS) is 11.3. The van der Waals surface area contributed by atoms with Crippen LogP contribution in [0.3, 0.4) is 0 Å². The molecular weight excluding hydrogens is 418 g/mol. The second kappa shape index (κ2) is 8.20. The van der Waals surface area contributed by atoms with Crippen LogP contribution in [0.5, 0.6) is 5.75 Å². The van der Waals surface area contributed by atoms with E-state index in [1.54, 1.807) is 11.4 Å². The van der Waals surface area contributed by atoms with Crippen LogP contribution in [-0.2, 0) is 12.8 Å². The first-order chi connectivity index (χ1) is 13.2. The lowest BCUT2D eigenvalue weighted by Crippen LogP contribution is -2.12. The molecule has 0 saturated carbocycles. The van der Waals surface area contributed by atoms with Crippen molar-refractivity contribution < 1.29 is 27.1 Å². The number of carbonyl (C=O) groups is 1. The molecule has 0 atom stereocenters. The molecule has 0 spiro atoms. The van der Waals surface area contributed by atoms with Gasteiger partial charge in [0.15, 0.2) is 0 Å². The molecule has 0 aliphatic heterocycles. The van der Waals surface area contributed by atoms with Crippen LogP contribution in [0.15, 0.2) is 53.9 Å². The topological polar surface area (TPSA) is 38.3 Å². The van der Waals surface area contributed by atoms with Crippen molar-refractivity contribution in [3.63, 3.8) is 0 Å². The Morgan fingerprint density at radius 1 is 1.11 bits per heavy atom. The Morgan fingerprint density at radius 2 is 1.82 bits per heavy atom. The van der Waals surface area contributed by atoms with Gasteiger partial charge in [-0.3, -0.25) is 4.79 Å². The highest BCUT2D eigenvalue weighted by Crippen LogP contribution is 2.36. The molecule has 9 heteroatoms. The highest BCUT2D eigenvalue weighted by atomic mass is 35.5. The van der Waals surface area contributed by atoms with Gasteiger partial charge in [-0.15, -0.1) is 11.3 Å². The highest BCUT2D eigenvalue weighted by molar-refractivity contribution is 7.12. The van der Waals surface area contributed by atoms with Crippen LogP contribution >= 0.6 is 22.9 Å². The Labute approximate surface area is 166 Å². The van der Waals surface area contributed by atoms with Crippen molar-refractivity contribution in [1.29, 1.82) is 0 Å². The second-order valence-corrected chi connectivity index (χ2v) is 7.03. The average molecular weight is 430 g/mol. The maximum Gasteiger partial charge on any atom is 0.417 e. The van der Waals surface area contributed by atoms with Gasteiger partial charge in [0.1, 0.15) is 18.2 Å². The molecule has 0 aliphatic rings. The number of thiophene rings is 1. The van der Waals surface area contributed by atoms with E-state index in [0.29, 0.717) is 16.2 Å². The van der Waals surface area contributed by atoms with Crippen molar-refractivity contribution in [1.82, 2.24) is 0 Å². The van der Waals surface area contributed by atoms with E-state index in [1.165, 1.54) is 30.3 Å². The minimum absolute atomic E-state index is 0.0146. The Hall–Kier alpha value is -2.58. The molecule has 0 fully saturated rings. The fraction of sp³-hybridized carbons (Fsp3) is 0.105. The van der Waals surface area contributed by atoms with Crippen LogP contribution < -0.4 is 10.1 Å². The van der Waals surface area contributed by atoms with E-state index in [9.17, 15) is 22.4 Å². The molecule has 0 radical (unpaired) electrons. The average Bonchev–Trinajstić information content (AvgIpc) is 3.11. The molecule has 0 bridgehead atoms. The van der Waals surface area contributed by atoms with E-state index in [0.717, 1.165) is 23.5 Å². The minimum atomic E-state index is -4.62. The zero-order valence-corrected chi connectivity index (χ0v) is 15.6. The third kappa shape index (κ3) is 5.02. The molecule has 3 nitrogen and oxygen atoms in total. The third-order valence-electron chi connectivity index (χ3n) is 3.63. The Kier molecular flexibility index (Phi) is 5.90. The van der Waals surface area contributed by atoms with Crippen LogP contribution in [0, 0.1) is 5.82 Å². The molecule has 1 amide bonds. The number of ether oxygens (including phenoxy) is 1. The van der Waals surface area contributed by atoms with Crippen LogP contribution in [0.1, 0.15) is 20.8 Å². The molecule has 2 aromatic carbocycles. The van der Waals surface area contributed by atoms with Crippen molar-refractivity contribution >= 4 is 34.5 Å². The van der Waals surface area contributed by atoms with Gasteiger partial charge < -0.3 is 10.1 Å². The Balaban J connectivity index is 1.65. The monoisotopic (exact) mass is 429 g/mol. The first kappa shape index (κ1) is 20.2. The second-order valence-electron chi connectivity index (χ2n) is 5.71. The zero-order valence-electron chi connectivity index (χ0n) is 14.0. The number of alkyl halides is 3. The van der Waals surface area contributed by atoms with E-state index in [2.05, 4.69) is 5.32 Å². The van der Waals surface area contributed by atoms with Crippen molar-refractivity contribution in [2.45, 2.75) is 12.8 Å². The third-order valence-corrected chi connectivity index (χ3v) is 4.93. The summed E-state index contributed by atoms with van der Waals surface area (Å²) < 4.78 is 57.1. The number of nitrogens with one attached hydrogen (secondary N) is 1. The van der Waals surface area contributed by atoms with Crippen LogP contribution in [0.25, 0.3) is 0 Å². The number of benzene rings is 2. The molecule has 1 heterocycles. The lowest BCUT2D eigenvalue weighted by atomic mass is 10.2. The zero-order chi connectivity index (χ0) is 20.3. The van der Waals surface area contributed by atoms with E-state index >= 15 is 0 Å². The number of carbonyl (C=O) groups excluding carboxylic acids is 1. The number of amides is 1. The van der Waals surface area contributed by atoms with E-state index in [4.69, 9.17) is 16.3 Å². The molecule has 0 aliphatic carbocycles. The predicted molar refractivity (Wildman–Crippen MR) is 99.5 cm³/mol. The number of anilines is 1. The minimum Gasteiger partial charge on any atom is -0.489 e. The maximum atomic E-state index is 12.9. The smallest absolute Gasteiger partial charge is 0.417 e. The van der Waals surface area contributed by atoms with Gasteiger partial charge in [0.25, 0.3) is 5.91 Å². The van der Waals surface area contributed by atoms with Crippen LogP contribution in [0.2, 0.25) is 5.02 Å². The summed E-state index contributed by atoms with van der Waals surface area (Å²) in [5.74, 6) is -0.453. The van der Waals surface area contributed by atoms with Gasteiger partial charge in [-0.25, -0.2) is 4.39 Å². The molecule has 1 N–H and O–H groups in total. The number of hydrogen-bond acceptors (Lipinski definition) is 3. The summed E-state index contributed by atoms with van der Waals surface area (Å²) in [6.07, 6.45) is -4.62. The van der Waals surface area contributed by atoms with Crippen molar-refractivity contribution in [2.75, 3.05) is 5.32 Å². The lowest BCUT2D eigenvalue weighted by molar-refractivity contribution is -0.137. The summed E-state index contributed by atoms with van der Waals surface area (Å²) in [6, 6.07) is 10.2. The molecule has 1 aromatic heterocycles. The predicted octanol–water partition coefficient (Wildman–Crippen LogP) is 6.39. The van der Waals surface area contributed by atoms with Gasteiger partial charge in [-0.2, -0.15) is 13.2 Å². The van der Waals surface area contributed by atoms with Gasteiger partial charge >= 0.3 is 6.18 Å². The summed E-state index contributed by atoms with van der Waals surface area (Å²) in [7, 11) is 0. The van der Waals surface area contributed by atoms with Crippen LogP contribution in [0.4, 0.5) is 23.2 Å². The fourth-order valence-corrected chi connectivity index (χ4v) is 3.30. The van der Waals surface area contributed by atoms with Gasteiger partial charge in [-0.05, 0) is 53.9 Å². The maximum absolute atomic E-state index is 12.9. The van der Waals surface area contributed by atoms with E-state index in [1.807, 2.05) is 0 Å². The fourth-order valence-electron chi connectivity index (χ4n) is 2.28. The molecule has 28 heavy (non-hydrogen) atoms. The molecule has 3 rings (SSSR count). The van der Waals surface area contributed by atoms with Crippen LogP contribution in [-0.4, -0.2) is 5.91 Å². The standard InChI is InChI=1S/C19H12ClF4NO2S/c20-16-6-3-13(8-15(16)19(22,23)24)25-18(26)17-7-11(10-28-17)9-27-14-4-1-12(21)2-5-14/h1-8,10H,9H2,(H,25,26). The van der Waals surface area contributed by atoms with Gasteiger partial charge in [0, 0.05) is 11.3 Å². The summed E-state index contributed by atoms with van der Waals surface area (Å²) in [6.45, 7) is 0.161. The van der Waals surface area contributed by atoms with E-state index < -0.39 is 22.7 Å². The molecule has 0 saturated heterocycles. The quantitative estimate of drug-likeness (QED) is 0.477. The van der Waals surface area contributed by atoms with E-state index in [-0.39, 0.29) is 18.1 Å². The largest absolute Gasteiger partial charge is 0.489 e. The Morgan fingerprint density at radius 3 is 2.50 bits per heavy atom. The first-order valence-electron chi connectivity index (χ1n) is 7.86. The summed E-state index contributed by atoms with van der Waals surface area (Å²) in [4.78, 5) is 12.6. The molecular formula is C19H12ClF4NO2S. The summed E-state index contributed by atoms with van der Waals surface area (Å²) in [5.41, 5.74) is -0.336. The Bertz CT molecular complexity index is 986. The number of hydrogen-bond donors (Lipinski definition) is 1. The number of rotatable bonds is 5. The van der Waals surface area contributed by atoms with Crippen molar-refractivity contribution in [2.24, 2.45) is 0 Å². The van der Waals surface area contributed by atoms with Crippen molar-refractivity contribution in [3.8, 4) is 5.75 Å². The summed E-state index contributed by atoms with van der Waals surface area (Å²) >= 11 is 6.69. The van der Waals surface area contributed by atoms with Gasteiger partial charge in [0.05, 0.1) is 15.5 Å². The number of halogens is 5. The van der Waals surface area contributed by atoms with Gasteiger partial charge in [-0.1, -0.05) is 11.6 Å². The molecule has 146 valence electrons.